The number of amides is 2. The van der Waals surface area contributed by atoms with Gasteiger partial charge in [0.15, 0.2) is 0 Å². The van der Waals surface area contributed by atoms with Crippen molar-refractivity contribution in [1.82, 2.24) is 9.47 Å². The zero-order valence-electron chi connectivity index (χ0n) is 16.9. The Hall–Kier alpha value is -2.47. The minimum atomic E-state index is -0.210. The Morgan fingerprint density at radius 3 is 2.68 bits per heavy atom. The molecule has 0 aliphatic heterocycles. The van der Waals surface area contributed by atoms with Crippen LogP contribution in [0.1, 0.15) is 35.8 Å². The molecule has 1 aromatic carbocycles. The zero-order valence-corrected chi connectivity index (χ0v) is 17.7. The van der Waals surface area contributed by atoms with E-state index in [2.05, 4.69) is 29.8 Å². The van der Waals surface area contributed by atoms with E-state index in [1.54, 1.807) is 24.9 Å². The number of rotatable bonds is 7. The molecule has 1 aromatic heterocycles. The molecule has 1 fully saturated rings. The van der Waals surface area contributed by atoms with Gasteiger partial charge >= 0.3 is 0 Å². The van der Waals surface area contributed by atoms with Crippen LogP contribution in [0, 0.1) is 13.8 Å². The third-order valence-corrected chi connectivity index (χ3v) is 5.77. The highest BCUT2D eigenvalue weighted by Crippen LogP contribution is 2.38. The van der Waals surface area contributed by atoms with E-state index in [0.29, 0.717) is 6.04 Å². The minimum Gasteiger partial charge on any atom is -0.346 e. The molecule has 2 aromatic rings. The number of hydrogen-bond acceptors (Lipinski definition) is 3. The van der Waals surface area contributed by atoms with Gasteiger partial charge in [-0.25, -0.2) is 0 Å². The smallest absolute Gasteiger partial charge is 0.246 e. The Bertz CT molecular complexity index is 913. The summed E-state index contributed by atoms with van der Waals surface area (Å²) in [7, 11) is 1.64. The molecule has 1 aliphatic carbocycles. The summed E-state index contributed by atoms with van der Waals surface area (Å²) >= 11 is 1.57. The highest BCUT2D eigenvalue weighted by atomic mass is 32.2. The van der Waals surface area contributed by atoms with Gasteiger partial charge in [-0.15, -0.1) is 11.8 Å². The molecule has 1 saturated carbocycles. The fraction of sp³-hybridized carbons (Fsp3) is 0.364. The molecule has 0 unspecified atom stereocenters. The maximum absolute atomic E-state index is 12.4. The van der Waals surface area contributed by atoms with Crippen molar-refractivity contribution in [1.29, 1.82) is 0 Å². The fourth-order valence-corrected chi connectivity index (χ4v) is 3.94. The third kappa shape index (κ3) is 4.68. The number of nitrogens with zero attached hydrogens (tertiary/aromatic N) is 2. The molecule has 5 nitrogen and oxygen atoms in total. The van der Waals surface area contributed by atoms with E-state index in [-0.39, 0.29) is 18.4 Å². The Morgan fingerprint density at radius 2 is 2.00 bits per heavy atom. The average Bonchev–Trinajstić information content (AvgIpc) is 3.45. The lowest BCUT2D eigenvalue weighted by molar-refractivity contribution is -0.129. The van der Waals surface area contributed by atoms with E-state index >= 15 is 0 Å². The number of carbonyl (C=O) groups is 2. The van der Waals surface area contributed by atoms with Crippen molar-refractivity contribution in [2.75, 3.05) is 25.2 Å². The lowest BCUT2D eigenvalue weighted by Crippen LogP contribution is -2.33. The molecule has 0 radical (unpaired) electrons. The van der Waals surface area contributed by atoms with Gasteiger partial charge in [-0.05, 0) is 62.8 Å². The number of thioether (sulfide) groups is 1. The van der Waals surface area contributed by atoms with Crippen LogP contribution in [0.5, 0.6) is 0 Å². The average molecular weight is 398 g/mol. The first-order chi connectivity index (χ1) is 13.4. The number of anilines is 1. The number of nitrogens with one attached hydrogen (secondary N) is 1. The normalized spacial score (nSPS) is 13.7. The summed E-state index contributed by atoms with van der Waals surface area (Å²) < 4.78 is 2.35. The van der Waals surface area contributed by atoms with Crippen LogP contribution in [-0.4, -0.2) is 41.1 Å². The molecule has 28 heavy (non-hydrogen) atoms. The highest BCUT2D eigenvalue weighted by Gasteiger charge is 2.26. The van der Waals surface area contributed by atoms with Crippen molar-refractivity contribution in [2.24, 2.45) is 0 Å². The van der Waals surface area contributed by atoms with E-state index in [9.17, 15) is 9.59 Å². The number of carbonyl (C=O) groups excluding carboxylic acids is 2. The van der Waals surface area contributed by atoms with E-state index < -0.39 is 0 Å². The predicted molar refractivity (Wildman–Crippen MR) is 116 cm³/mol. The largest absolute Gasteiger partial charge is 0.346 e. The summed E-state index contributed by atoms with van der Waals surface area (Å²) in [6, 6.07) is 10.4. The summed E-state index contributed by atoms with van der Waals surface area (Å²) in [4.78, 5) is 27.2. The molecule has 2 amide bonds. The van der Waals surface area contributed by atoms with Crippen LogP contribution in [0.25, 0.3) is 6.08 Å². The lowest BCUT2D eigenvalue weighted by atomic mass is 10.2. The molecule has 0 spiro atoms. The standard InChI is InChI=1S/C22H27N3O2S/c1-15-13-17(16(2)25(15)18-10-11-18)9-12-22(27)24(3)14-21(26)23-19-7-5-6-8-20(19)28-4/h5-9,12-13,18H,10-11,14H2,1-4H3,(H,23,26)/b12-9+. The molecule has 3 rings (SSSR count). The first kappa shape index (κ1) is 20.3. The van der Waals surface area contributed by atoms with Gasteiger partial charge in [-0.3, -0.25) is 9.59 Å². The summed E-state index contributed by atoms with van der Waals surface area (Å²) in [5.41, 5.74) is 4.25. The third-order valence-electron chi connectivity index (χ3n) is 4.98. The lowest BCUT2D eigenvalue weighted by Gasteiger charge is -2.16. The second-order valence-corrected chi connectivity index (χ2v) is 8.05. The maximum atomic E-state index is 12.4. The first-order valence-electron chi connectivity index (χ1n) is 9.45. The van der Waals surface area contributed by atoms with Crippen LogP contribution < -0.4 is 5.32 Å². The first-order valence-corrected chi connectivity index (χ1v) is 10.7. The van der Waals surface area contributed by atoms with E-state index in [1.807, 2.05) is 36.6 Å². The van der Waals surface area contributed by atoms with Crippen molar-refractivity contribution in [3.63, 3.8) is 0 Å². The van der Waals surface area contributed by atoms with Crippen molar-refractivity contribution in [2.45, 2.75) is 37.6 Å². The maximum Gasteiger partial charge on any atom is 0.246 e. The molecule has 148 valence electrons. The van der Waals surface area contributed by atoms with Crippen molar-refractivity contribution < 1.29 is 9.59 Å². The van der Waals surface area contributed by atoms with Gasteiger partial charge < -0.3 is 14.8 Å². The molecular weight excluding hydrogens is 370 g/mol. The minimum absolute atomic E-state index is 0.00693. The van der Waals surface area contributed by atoms with Crippen LogP contribution in [-0.2, 0) is 9.59 Å². The molecule has 1 N–H and O–H groups in total. The summed E-state index contributed by atoms with van der Waals surface area (Å²) in [5, 5.41) is 2.88. The van der Waals surface area contributed by atoms with Crippen molar-refractivity contribution >= 4 is 35.3 Å². The number of likely N-dealkylation sites (N-methyl/N-ethyl adjacent to an activating group) is 1. The predicted octanol–water partition coefficient (Wildman–Crippen LogP) is 4.27. The Morgan fingerprint density at radius 1 is 1.29 bits per heavy atom. The van der Waals surface area contributed by atoms with E-state index in [0.717, 1.165) is 16.1 Å². The van der Waals surface area contributed by atoms with Gasteiger partial charge in [0.05, 0.1) is 12.2 Å². The fourth-order valence-electron chi connectivity index (χ4n) is 3.39. The number of para-hydroxylation sites is 1. The second kappa shape index (κ2) is 8.69. The van der Waals surface area contributed by atoms with Crippen LogP contribution in [0.15, 0.2) is 41.3 Å². The summed E-state index contributed by atoms with van der Waals surface area (Å²) in [5.74, 6) is -0.401. The van der Waals surface area contributed by atoms with Crippen LogP contribution in [0.3, 0.4) is 0 Å². The van der Waals surface area contributed by atoms with Gasteiger partial charge in [-0.1, -0.05) is 12.1 Å². The van der Waals surface area contributed by atoms with Crippen molar-refractivity contribution in [3.8, 4) is 0 Å². The topological polar surface area (TPSA) is 54.3 Å². The Labute approximate surface area is 170 Å². The van der Waals surface area contributed by atoms with Gasteiger partial charge in [0.2, 0.25) is 11.8 Å². The SMILES string of the molecule is CSc1ccccc1NC(=O)CN(C)C(=O)/C=C/c1cc(C)n(C2CC2)c1C. The van der Waals surface area contributed by atoms with Gasteiger partial charge in [0.25, 0.3) is 0 Å². The number of aryl methyl sites for hydroxylation is 1. The highest BCUT2D eigenvalue weighted by molar-refractivity contribution is 7.98. The van der Waals surface area contributed by atoms with E-state index in [4.69, 9.17) is 0 Å². The van der Waals surface area contributed by atoms with Crippen LogP contribution in [0.4, 0.5) is 5.69 Å². The molecule has 1 aliphatic rings. The van der Waals surface area contributed by atoms with E-state index in [1.165, 1.54) is 29.1 Å². The van der Waals surface area contributed by atoms with Gasteiger partial charge in [-0.2, -0.15) is 0 Å². The van der Waals surface area contributed by atoms with Crippen molar-refractivity contribution in [3.05, 3.63) is 53.4 Å². The quantitative estimate of drug-likeness (QED) is 0.561. The zero-order chi connectivity index (χ0) is 20.3. The van der Waals surface area contributed by atoms with Gasteiger partial charge in [0, 0.05) is 35.4 Å². The van der Waals surface area contributed by atoms with Gasteiger partial charge in [0.1, 0.15) is 0 Å². The second-order valence-electron chi connectivity index (χ2n) is 7.20. The summed E-state index contributed by atoms with van der Waals surface area (Å²) in [6.07, 6.45) is 7.82. The van der Waals surface area contributed by atoms with Crippen LogP contribution >= 0.6 is 11.8 Å². The number of hydrogen-bond donors (Lipinski definition) is 1. The molecule has 0 bridgehead atoms. The Balaban J connectivity index is 1.59. The number of benzene rings is 1. The van der Waals surface area contributed by atoms with Crippen LogP contribution in [0.2, 0.25) is 0 Å². The monoisotopic (exact) mass is 397 g/mol. The molecular formula is C22H27N3O2S. The molecule has 0 saturated heterocycles. The molecule has 6 heteroatoms. The number of aromatic nitrogens is 1. The molecule has 1 heterocycles. The Kier molecular flexibility index (Phi) is 6.29. The molecule has 0 atom stereocenters. The summed E-state index contributed by atoms with van der Waals surface area (Å²) in [6.45, 7) is 4.20.